The van der Waals surface area contributed by atoms with Gasteiger partial charge in [0.25, 0.3) is 0 Å². The van der Waals surface area contributed by atoms with Crippen LogP contribution in [0, 0.1) is 17.5 Å². The largest absolute Gasteiger partial charge is 0.496 e. The van der Waals surface area contributed by atoms with Gasteiger partial charge in [0, 0.05) is 6.54 Å². The van der Waals surface area contributed by atoms with Crippen LogP contribution in [0.2, 0.25) is 0 Å². The van der Waals surface area contributed by atoms with Crippen LogP contribution in [-0.4, -0.2) is 28.6 Å². The topological polar surface area (TPSA) is 81.7 Å². The zero-order chi connectivity index (χ0) is 19.5. The molecule has 0 aliphatic carbocycles. The van der Waals surface area contributed by atoms with Crippen LogP contribution in [0.3, 0.4) is 0 Å². The number of nitrogens with one attached hydrogen (secondary N) is 1. The zero-order valence-electron chi connectivity index (χ0n) is 13.7. The molecule has 0 spiro atoms. The Morgan fingerprint density at radius 1 is 1.08 bits per heavy atom. The normalized spacial score (nSPS) is 11.3. The lowest BCUT2D eigenvalue weighted by Gasteiger charge is -2.11. The number of esters is 1. The van der Waals surface area contributed by atoms with Crippen molar-refractivity contribution in [2.45, 2.75) is 11.4 Å². The predicted octanol–water partition coefficient (Wildman–Crippen LogP) is 2.38. The molecule has 26 heavy (non-hydrogen) atoms. The number of hydrogen-bond donors (Lipinski definition) is 1. The quantitative estimate of drug-likeness (QED) is 0.606. The summed E-state index contributed by atoms with van der Waals surface area (Å²) >= 11 is 0. The van der Waals surface area contributed by atoms with E-state index in [2.05, 4.69) is 9.46 Å². The molecule has 140 valence electrons. The van der Waals surface area contributed by atoms with Gasteiger partial charge in [-0.15, -0.1) is 0 Å². The lowest BCUT2D eigenvalue weighted by atomic mass is 10.1. The summed E-state index contributed by atoms with van der Waals surface area (Å²) in [5.74, 6) is -5.68. The summed E-state index contributed by atoms with van der Waals surface area (Å²) in [6.07, 6.45) is 0. The number of sulfonamides is 1. The van der Waals surface area contributed by atoms with E-state index in [-0.39, 0.29) is 17.9 Å². The van der Waals surface area contributed by atoms with Gasteiger partial charge in [0.05, 0.1) is 14.2 Å². The summed E-state index contributed by atoms with van der Waals surface area (Å²) in [5.41, 5.74) is 0.392. The van der Waals surface area contributed by atoms with Crippen LogP contribution < -0.4 is 9.46 Å². The van der Waals surface area contributed by atoms with E-state index in [0.717, 1.165) is 0 Å². The van der Waals surface area contributed by atoms with Crippen LogP contribution in [0.5, 0.6) is 5.75 Å². The Hall–Kier alpha value is -2.59. The van der Waals surface area contributed by atoms with Crippen molar-refractivity contribution >= 4 is 16.0 Å². The second kappa shape index (κ2) is 7.75. The minimum Gasteiger partial charge on any atom is -0.496 e. The molecule has 2 rings (SSSR count). The maximum atomic E-state index is 13.7. The van der Waals surface area contributed by atoms with Crippen molar-refractivity contribution in [3.05, 3.63) is 58.9 Å². The van der Waals surface area contributed by atoms with Gasteiger partial charge < -0.3 is 9.47 Å². The predicted molar refractivity (Wildman–Crippen MR) is 84.7 cm³/mol. The van der Waals surface area contributed by atoms with Crippen molar-refractivity contribution in [3.63, 3.8) is 0 Å². The monoisotopic (exact) mass is 389 g/mol. The average molecular weight is 389 g/mol. The van der Waals surface area contributed by atoms with Gasteiger partial charge in [-0.2, -0.15) is 0 Å². The number of carbonyl (C=O) groups excluding carboxylic acids is 1. The molecule has 2 aromatic carbocycles. The molecule has 0 saturated heterocycles. The molecule has 0 aromatic heterocycles. The first kappa shape index (κ1) is 19.7. The van der Waals surface area contributed by atoms with Crippen molar-refractivity contribution in [3.8, 4) is 5.75 Å². The highest BCUT2D eigenvalue weighted by Gasteiger charge is 2.24. The van der Waals surface area contributed by atoms with Gasteiger partial charge >= 0.3 is 5.97 Å². The van der Waals surface area contributed by atoms with Crippen molar-refractivity contribution in [2.75, 3.05) is 14.2 Å². The summed E-state index contributed by atoms with van der Waals surface area (Å²) in [5, 5.41) is 0. The van der Waals surface area contributed by atoms with Gasteiger partial charge in [0.2, 0.25) is 10.0 Å². The first-order valence-corrected chi connectivity index (χ1v) is 8.58. The van der Waals surface area contributed by atoms with E-state index in [0.29, 0.717) is 17.7 Å². The maximum Gasteiger partial charge on any atom is 0.341 e. The number of methoxy groups -OCH3 is 2. The lowest BCUT2D eigenvalue weighted by molar-refractivity contribution is 0.0597. The maximum absolute atomic E-state index is 13.7. The van der Waals surface area contributed by atoms with Gasteiger partial charge in [-0.25, -0.2) is 31.1 Å². The molecule has 0 atom stereocenters. The smallest absolute Gasteiger partial charge is 0.341 e. The highest BCUT2D eigenvalue weighted by molar-refractivity contribution is 7.89. The fourth-order valence-electron chi connectivity index (χ4n) is 2.11. The van der Waals surface area contributed by atoms with Crippen molar-refractivity contribution in [1.29, 1.82) is 0 Å². The van der Waals surface area contributed by atoms with Crippen LogP contribution in [0.15, 0.2) is 35.2 Å². The second-order valence-corrected chi connectivity index (χ2v) is 6.76. The van der Waals surface area contributed by atoms with E-state index in [9.17, 15) is 26.4 Å². The number of rotatable bonds is 6. The zero-order valence-corrected chi connectivity index (χ0v) is 14.5. The summed E-state index contributed by atoms with van der Waals surface area (Å²) in [7, 11) is -1.95. The molecule has 0 bridgehead atoms. The molecule has 0 fully saturated rings. The Morgan fingerprint density at radius 3 is 2.38 bits per heavy atom. The van der Waals surface area contributed by atoms with E-state index < -0.39 is 38.3 Å². The highest BCUT2D eigenvalue weighted by Crippen LogP contribution is 2.22. The summed E-state index contributed by atoms with van der Waals surface area (Å²) in [6.45, 7) is -0.339. The van der Waals surface area contributed by atoms with Crippen molar-refractivity contribution < 1.29 is 35.9 Å². The van der Waals surface area contributed by atoms with Crippen LogP contribution in [0.1, 0.15) is 15.9 Å². The van der Waals surface area contributed by atoms with E-state index in [1.54, 1.807) is 0 Å². The molecular weight excluding hydrogens is 375 g/mol. The third kappa shape index (κ3) is 3.97. The van der Waals surface area contributed by atoms with E-state index in [1.165, 1.54) is 32.4 Å². The molecule has 0 unspecified atom stereocenters. The molecule has 2 aromatic rings. The summed E-state index contributed by atoms with van der Waals surface area (Å²) < 4.78 is 75.8. The first-order valence-electron chi connectivity index (χ1n) is 7.09. The molecule has 6 nitrogen and oxygen atoms in total. The standard InChI is InChI=1S/C16H14F3NO5S/c1-24-12-5-3-9(7-10(12)16(21)25-2)8-20-26(22,23)13-6-4-11(17)14(18)15(13)19/h3-7,20H,8H2,1-2H3. The Bertz CT molecular complexity index is 947. The molecule has 0 amide bonds. The van der Waals surface area contributed by atoms with Gasteiger partial charge in [-0.3, -0.25) is 0 Å². The number of halogens is 3. The Kier molecular flexibility index (Phi) is 5.88. The van der Waals surface area contributed by atoms with E-state index in [1.807, 2.05) is 0 Å². The molecular formula is C16H14F3NO5S. The minimum absolute atomic E-state index is 0.0608. The number of hydrogen-bond acceptors (Lipinski definition) is 5. The fraction of sp³-hybridized carbons (Fsp3) is 0.188. The Morgan fingerprint density at radius 2 is 1.77 bits per heavy atom. The number of carbonyl (C=O) groups is 1. The van der Waals surface area contributed by atoms with Crippen LogP contribution in [0.25, 0.3) is 0 Å². The lowest BCUT2D eigenvalue weighted by Crippen LogP contribution is -2.25. The third-order valence-corrected chi connectivity index (χ3v) is 4.84. The van der Waals surface area contributed by atoms with E-state index in [4.69, 9.17) is 4.74 Å². The average Bonchev–Trinajstić information content (AvgIpc) is 2.63. The number of benzene rings is 2. The molecule has 1 N–H and O–H groups in total. The molecule has 0 radical (unpaired) electrons. The van der Waals surface area contributed by atoms with Crippen LogP contribution >= 0.6 is 0 Å². The van der Waals surface area contributed by atoms with Crippen LogP contribution in [0.4, 0.5) is 13.2 Å². The van der Waals surface area contributed by atoms with E-state index >= 15 is 0 Å². The van der Waals surface area contributed by atoms with Crippen molar-refractivity contribution in [2.24, 2.45) is 0 Å². The molecule has 10 heteroatoms. The molecule has 0 aliphatic rings. The molecule has 0 saturated carbocycles. The number of ether oxygens (including phenoxy) is 2. The first-order chi connectivity index (χ1) is 12.2. The second-order valence-electron chi connectivity index (χ2n) is 5.02. The Balaban J connectivity index is 2.28. The Labute approximate surface area is 147 Å². The molecule has 0 heterocycles. The molecule has 0 aliphatic heterocycles. The van der Waals surface area contributed by atoms with Gasteiger partial charge in [-0.05, 0) is 29.8 Å². The minimum atomic E-state index is -4.46. The summed E-state index contributed by atoms with van der Waals surface area (Å²) in [4.78, 5) is 10.7. The SMILES string of the molecule is COC(=O)c1cc(CNS(=O)(=O)c2ccc(F)c(F)c2F)ccc1OC. The summed E-state index contributed by atoms with van der Waals surface area (Å²) in [6, 6.07) is 5.35. The van der Waals surface area contributed by atoms with Crippen molar-refractivity contribution in [1.82, 2.24) is 4.72 Å². The van der Waals surface area contributed by atoms with Gasteiger partial charge in [-0.1, -0.05) is 6.07 Å². The fourth-order valence-corrected chi connectivity index (χ4v) is 3.19. The van der Waals surface area contributed by atoms with Gasteiger partial charge in [0.15, 0.2) is 17.5 Å². The highest BCUT2D eigenvalue weighted by atomic mass is 32.2. The third-order valence-electron chi connectivity index (χ3n) is 3.42. The van der Waals surface area contributed by atoms with Gasteiger partial charge in [0.1, 0.15) is 16.2 Å². The van der Waals surface area contributed by atoms with Crippen LogP contribution in [-0.2, 0) is 21.3 Å².